The number of imide groups is 1. The van der Waals surface area contributed by atoms with Crippen molar-refractivity contribution in [3.8, 4) is 0 Å². The van der Waals surface area contributed by atoms with Gasteiger partial charge in [0.2, 0.25) is 12.0 Å². The number of hydrogen-bond acceptors (Lipinski definition) is 4. The molecular formula is C17H10Cl2N2O3. The summed E-state index contributed by atoms with van der Waals surface area (Å²) in [5.41, 5.74) is 1.41. The van der Waals surface area contributed by atoms with Crippen LogP contribution in [-0.2, 0) is 14.4 Å². The fourth-order valence-electron chi connectivity index (χ4n) is 2.91. The maximum absolute atomic E-state index is 12.8. The Morgan fingerprint density at radius 3 is 2.38 bits per heavy atom. The highest BCUT2D eigenvalue weighted by molar-refractivity contribution is 6.38. The molecule has 2 aromatic rings. The molecule has 2 aromatic carbocycles. The predicted octanol–water partition coefficient (Wildman–Crippen LogP) is 3.29. The lowest BCUT2D eigenvalue weighted by Crippen LogP contribution is -2.33. The molecule has 1 fully saturated rings. The van der Waals surface area contributed by atoms with Gasteiger partial charge in [-0.05, 0) is 30.3 Å². The monoisotopic (exact) mass is 360 g/mol. The third kappa shape index (κ3) is 2.20. The second-order valence-electron chi connectivity index (χ2n) is 5.45. The van der Waals surface area contributed by atoms with Crippen molar-refractivity contribution in [1.82, 2.24) is 0 Å². The first kappa shape index (κ1) is 15.2. The summed E-state index contributed by atoms with van der Waals surface area (Å²) in [5, 5.41) is 4.91. The zero-order valence-corrected chi connectivity index (χ0v) is 13.7. The van der Waals surface area contributed by atoms with Crippen LogP contribution in [0.1, 0.15) is 5.56 Å². The smallest absolute Gasteiger partial charge is 0.278 e. The van der Waals surface area contributed by atoms with Gasteiger partial charge in [-0.1, -0.05) is 46.6 Å². The average molecular weight is 361 g/mol. The van der Waals surface area contributed by atoms with Crippen LogP contribution in [0.5, 0.6) is 0 Å². The Morgan fingerprint density at radius 1 is 0.958 bits per heavy atom. The van der Waals surface area contributed by atoms with Gasteiger partial charge in [0, 0.05) is 15.6 Å². The van der Waals surface area contributed by atoms with Crippen molar-refractivity contribution in [1.29, 1.82) is 0 Å². The third-order valence-corrected chi connectivity index (χ3v) is 4.63. The van der Waals surface area contributed by atoms with E-state index in [1.807, 2.05) is 0 Å². The SMILES string of the molecule is O=C1[C@H]2C(c3ccccc3Cl)=NO[C@@H]2C(=O)N1c1ccc(Cl)cc1. The van der Waals surface area contributed by atoms with Gasteiger partial charge in [0.15, 0.2) is 0 Å². The van der Waals surface area contributed by atoms with E-state index in [4.69, 9.17) is 28.0 Å². The van der Waals surface area contributed by atoms with E-state index in [0.717, 1.165) is 4.90 Å². The number of oxime groups is 1. The van der Waals surface area contributed by atoms with Crippen LogP contribution in [0.25, 0.3) is 0 Å². The summed E-state index contributed by atoms with van der Waals surface area (Å²) in [6.45, 7) is 0. The highest BCUT2D eigenvalue weighted by Gasteiger charge is 2.56. The average Bonchev–Trinajstić information content (AvgIpc) is 3.10. The summed E-state index contributed by atoms with van der Waals surface area (Å²) < 4.78 is 0. The number of fused-ring (bicyclic) bond motifs is 1. The minimum Gasteiger partial charge on any atom is -0.381 e. The molecule has 0 unspecified atom stereocenters. The van der Waals surface area contributed by atoms with Gasteiger partial charge in [0.25, 0.3) is 5.91 Å². The van der Waals surface area contributed by atoms with E-state index in [-0.39, 0.29) is 5.91 Å². The molecule has 2 heterocycles. The van der Waals surface area contributed by atoms with Crippen molar-refractivity contribution in [3.63, 3.8) is 0 Å². The molecule has 0 bridgehead atoms. The molecule has 24 heavy (non-hydrogen) atoms. The van der Waals surface area contributed by atoms with Crippen molar-refractivity contribution in [2.75, 3.05) is 4.90 Å². The normalized spacial score (nSPS) is 22.4. The Bertz CT molecular complexity index is 880. The molecule has 2 amide bonds. The van der Waals surface area contributed by atoms with Crippen LogP contribution in [0, 0.1) is 5.92 Å². The lowest BCUT2D eigenvalue weighted by atomic mass is 9.94. The minimum atomic E-state index is -0.959. The third-order valence-electron chi connectivity index (χ3n) is 4.05. The van der Waals surface area contributed by atoms with Crippen LogP contribution in [-0.4, -0.2) is 23.6 Å². The molecule has 0 N–H and O–H groups in total. The fourth-order valence-corrected chi connectivity index (χ4v) is 3.27. The standard InChI is InChI=1S/C17H10Cl2N2O3/c18-9-5-7-10(8-6-9)21-16(22)13-14(20-24-15(13)17(21)23)11-3-1-2-4-12(11)19/h1-8,13,15H/t13-,15-/m0/s1. The van der Waals surface area contributed by atoms with Crippen LogP contribution >= 0.6 is 23.2 Å². The Morgan fingerprint density at radius 2 is 1.67 bits per heavy atom. The largest absolute Gasteiger partial charge is 0.381 e. The Hall–Kier alpha value is -2.37. The molecule has 0 aliphatic carbocycles. The van der Waals surface area contributed by atoms with E-state index in [9.17, 15) is 9.59 Å². The number of hydrogen-bond donors (Lipinski definition) is 0. The number of benzene rings is 2. The zero-order valence-electron chi connectivity index (χ0n) is 12.1. The molecule has 7 heteroatoms. The molecular weight excluding hydrogens is 351 g/mol. The van der Waals surface area contributed by atoms with Crippen molar-refractivity contribution >= 4 is 46.4 Å². The molecule has 5 nitrogen and oxygen atoms in total. The first-order valence-corrected chi connectivity index (χ1v) is 7.95. The van der Waals surface area contributed by atoms with Gasteiger partial charge in [-0.25, -0.2) is 4.90 Å². The first-order chi connectivity index (χ1) is 11.6. The molecule has 120 valence electrons. The zero-order chi connectivity index (χ0) is 16.8. The molecule has 4 rings (SSSR count). The summed E-state index contributed by atoms with van der Waals surface area (Å²) in [4.78, 5) is 31.8. The van der Waals surface area contributed by atoms with E-state index < -0.39 is 17.9 Å². The summed E-state index contributed by atoms with van der Waals surface area (Å²) in [5.74, 6) is -1.63. The maximum Gasteiger partial charge on any atom is 0.278 e. The second-order valence-corrected chi connectivity index (χ2v) is 6.29. The maximum atomic E-state index is 12.8. The number of carbonyl (C=O) groups is 2. The Labute approximate surface area is 147 Å². The van der Waals surface area contributed by atoms with Crippen LogP contribution in [0.15, 0.2) is 53.7 Å². The number of rotatable bonds is 2. The van der Waals surface area contributed by atoms with E-state index in [1.165, 1.54) is 0 Å². The van der Waals surface area contributed by atoms with Gasteiger partial charge in [-0.15, -0.1) is 0 Å². The summed E-state index contributed by atoms with van der Waals surface area (Å²) in [6.07, 6.45) is -0.959. The molecule has 0 aromatic heterocycles. The topological polar surface area (TPSA) is 59.0 Å². The van der Waals surface area contributed by atoms with Crippen molar-refractivity contribution < 1.29 is 14.4 Å². The molecule has 2 aliphatic heterocycles. The van der Waals surface area contributed by atoms with Crippen molar-refractivity contribution in [2.24, 2.45) is 11.1 Å². The molecule has 2 atom stereocenters. The van der Waals surface area contributed by atoms with Gasteiger partial charge in [0.05, 0.1) is 5.69 Å². The van der Waals surface area contributed by atoms with Crippen LogP contribution in [0.3, 0.4) is 0 Å². The molecule has 0 saturated carbocycles. The van der Waals surface area contributed by atoms with Gasteiger partial charge in [-0.3, -0.25) is 9.59 Å². The van der Waals surface area contributed by atoms with Gasteiger partial charge < -0.3 is 4.84 Å². The van der Waals surface area contributed by atoms with Gasteiger partial charge in [0.1, 0.15) is 11.6 Å². The van der Waals surface area contributed by atoms with E-state index >= 15 is 0 Å². The minimum absolute atomic E-state index is 0.375. The lowest BCUT2D eigenvalue weighted by Gasteiger charge is -2.15. The quantitative estimate of drug-likeness (QED) is 0.772. The Kier molecular flexibility index (Phi) is 3.55. The van der Waals surface area contributed by atoms with E-state index in [1.54, 1.807) is 48.5 Å². The lowest BCUT2D eigenvalue weighted by molar-refractivity contribution is -0.126. The van der Waals surface area contributed by atoms with Crippen LogP contribution < -0.4 is 4.90 Å². The highest BCUT2D eigenvalue weighted by atomic mass is 35.5. The first-order valence-electron chi connectivity index (χ1n) is 7.20. The summed E-state index contributed by atoms with van der Waals surface area (Å²) >= 11 is 12.0. The molecule has 2 aliphatic rings. The van der Waals surface area contributed by atoms with E-state index in [2.05, 4.69) is 5.16 Å². The highest BCUT2D eigenvalue weighted by Crippen LogP contribution is 2.36. The van der Waals surface area contributed by atoms with Crippen molar-refractivity contribution in [3.05, 3.63) is 64.1 Å². The van der Waals surface area contributed by atoms with Crippen LogP contribution in [0.4, 0.5) is 5.69 Å². The van der Waals surface area contributed by atoms with Crippen LogP contribution in [0.2, 0.25) is 10.0 Å². The predicted molar refractivity (Wildman–Crippen MR) is 90.3 cm³/mol. The fraction of sp³-hybridized carbons (Fsp3) is 0.118. The van der Waals surface area contributed by atoms with Gasteiger partial charge in [-0.2, -0.15) is 0 Å². The Balaban J connectivity index is 1.73. The molecule has 0 spiro atoms. The second kappa shape index (κ2) is 5.61. The number of halogens is 2. The van der Waals surface area contributed by atoms with Gasteiger partial charge >= 0.3 is 0 Å². The van der Waals surface area contributed by atoms with Crippen molar-refractivity contribution in [2.45, 2.75) is 6.10 Å². The summed E-state index contributed by atoms with van der Waals surface area (Å²) in [6, 6.07) is 13.5. The number of nitrogens with zero attached hydrogens (tertiary/aromatic N) is 2. The number of anilines is 1. The number of carbonyl (C=O) groups excluding carboxylic acids is 2. The molecule has 1 saturated heterocycles. The summed E-state index contributed by atoms with van der Waals surface area (Å²) in [7, 11) is 0. The number of amides is 2. The molecule has 0 radical (unpaired) electrons. The van der Waals surface area contributed by atoms with E-state index in [0.29, 0.717) is 27.0 Å².